The number of hydrogen-bond donors (Lipinski definition) is 2. The maximum Gasteiger partial charge on any atom is 0.135 e. The Bertz CT molecular complexity index is 809. The van der Waals surface area contributed by atoms with Gasteiger partial charge >= 0.3 is 0 Å². The molecule has 0 aliphatic heterocycles. The quantitative estimate of drug-likeness (QED) is 0.663. The predicted octanol–water partition coefficient (Wildman–Crippen LogP) is 4.06. The molecule has 0 aliphatic carbocycles. The average Bonchev–Trinajstić information content (AvgIpc) is 2.71. The van der Waals surface area contributed by atoms with Gasteiger partial charge in [-0.05, 0) is 71.0 Å². The summed E-state index contributed by atoms with van der Waals surface area (Å²) < 4.78 is 5.83. The van der Waals surface area contributed by atoms with E-state index < -0.39 is 6.10 Å². The molecule has 0 fully saturated rings. The maximum absolute atomic E-state index is 10.2. The molecule has 0 heterocycles. The highest BCUT2D eigenvalue weighted by Crippen LogP contribution is 2.18. The highest BCUT2D eigenvalue weighted by atomic mass is 16.5. The molecule has 2 aromatic rings. The zero-order valence-electron chi connectivity index (χ0n) is 18.3. The third-order valence-corrected chi connectivity index (χ3v) is 4.52. The first-order chi connectivity index (χ1) is 13.8. The van der Waals surface area contributed by atoms with E-state index in [4.69, 9.17) is 4.74 Å². The fourth-order valence-electron chi connectivity index (χ4n) is 2.85. The van der Waals surface area contributed by atoms with Crippen LogP contribution in [0.3, 0.4) is 0 Å². The van der Waals surface area contributed by atoms with Crippen LogP contribution in [0.15, 0.2) is 48.5 Å². The van der Waals surface area contributed by atoms with E-state index in [1.54, 1.807) is 0 Å². The highest BCUT2D eigenvalue weighted by molar-refractivity contribution is 5.53. The van der Waals surface area contributed by atoms with Crippen LogP contribution < -0.4 is 15.0 Å². The van der Waals surface area contributed by atoms with Crippen LogP contribution in [0.5, 0.6) is 5.75 Å². The second-order valence-corrected chi connectivity index (χ2v) is 8.06. The van der Waals surface area contributed by atoms with Crippen LogP contribution in [0.25, 0.3) is 0 Å². The molecule has 2 aromatic carbocycles. The van der Waals surface area contributed by atoms with E-state index in [0.29, 0.717) is 12.3 Å². The SMILES string of the molecule is CCN(CC)c1ccc(C#Cc2ccccc2OCC(O)CNC(C)(C)C)cc1. The van der Waals surface area contributed by atoms with E-state index in [1.807, 2.05) is 36.4 Å². The molecule has 0 spiro atoms. The van der Waals surface area contributed by atoms with Gasteiger partial charge in [0.15, 0.2) is 0 Å². The molecular formula is C25H34N2O2. The molecule has 2 N–H and O–H groups in total. The van der Waals surface area contributed by atoms with Crippen LogP contribution in [0.4, 0.5) is 5.69 Å². The van der Waals surface area contributed by atoms with Crippen LogP contribution in [-0.4, -0.2) is 43.0 Å². The topological polar surface area (TPSA) is 44.7 Å². The lowest BCUT2D eigenvalue weighted by Gasteiger charge is -2.23. The summed E-state index contributed by atoms with van der Waals surface area (Å²) in [6.45, 7) is 13.2. The molecular weight excluding hydrogens is 360 g/mol. The van der Waals surface area contributed by atoms with Crippen molar-refractivity contribution in [2.75, 3.05) is 31.1 Å². The zero-order valence-corrected chi connectivity index (χ0v) is 18.3. The van der Waals surface area contributed by atoms with Gasteiger partial charge in [-0.15, -0.1) is 0 Å². The van der Waals surface area contributed by atoms with E-state index in [1.165, 1.54) is 5.69 Å². The molecule has 0 aromatic heterocycles. The number of aliphatic hydroxyl groups is 1. The first-order valence-corrected chi connectivity index (χ1v) is 10.3. The highest BCUT2D eigenvalue weighted by Gasteiger charge is 2.13. The lowest BCUT2D eigenvalue weighted by molar-refractivity contribution is 0.0999. The summed E-state index contributed by atoms with van der Waals surface area (Å²) in [7, 11) is 0. The third-order valence-electron chi connectivity index (χ3n) is 4.52. The Morgan fingerprint density at radius 2 is 1.66 bits per heavy atom. The van der Waals surface area contributed by atoms with E-state index in [0.717, 1.165) is 24.2 Å². The van der Waals surface area contributed by atoms with Crippen LogP contribution in [0.1, 0.15) is 45.7 Å². The van der Waals surface area contributed by atoms with Gasteiger partial charge in [0.1, 0.15) is 18.5 Å². The van der Waals surface area contributed by atoms with Crippen LogP contribution in [-0.2, 0) is 0 Å². The van der Waals surface area contributed by atoms with Crippen molar-refractivity contribution in [3.63, 3.8) is 0 Å². The van der Waals surface area contributed by atoms with E-state index in [-0.39, 0.29) is 12.1 Å². The summed E-state index contributed by atoms with van der Waals surface area (Å²) in [6.07, 6.45) is -0.581. The maximum atomic E-state index is 10.2. The normalized spacial score (nSPS) is 12.1. The number of β-amino-alcohol motifs (C(OH)–C–C–N with tert-alkyl or cyclic N) is 1. The first-order valence-electron chi connectivity index (χ1n) is 10.3. The molecule has 0 bridgehead atoms. The fraction of sp³-hybridized carbons (Fsp3) is 0.440. The van der Waals surface area contributed by atoms with Gasteiger partial charge in [0.2, 0.25) is 0 Å². The van der Waals surface area contributed by atoms with Gasteiger partial charge in [-0.1, -0.05) is 24.0 Å². The zero-order chi connectivity index (χ0) is 21.3. The Morgan fingerprint density at radius 1 is 1.00 bits per heavy atom. The second-order valence-electron chi connectivity index (χ2n) is 8.06. The van der Waals surface area contributed by atoms with Gasteiger partial charge < -0.3 is 20.1 Å². The number of rotatable bonds is 8. The number of benzene rings is 2. The Morgan fingerprint density at radius 3 is 2.28 bits per heavy atom. The van der Waals surface area contributed by atoms with Gasteiger partial charge in [0.05, 0.1) is 5.56 Å². The first kappa shape index (κ1) is 22.8. The molecule has 4 heteroatoms. The van der Waals surface area contributed by atoms with Crippen molar-refractivity contribution in [1.82, 2.24) is 5.32 Å². The summed E-state index contributed by atoms with van der Waals surface area (Å²) in [5.74, 6) is 7.10. The standard InChI is InChI=1S/C25H34N2O2/c1-6-27(7-2)22-16-13-20(14-17-22)12-15-21-10-8-9-11-24(21)29-19-23(28)18-26-25(3,4)5/h8-11,13-14,16-17,23,26,28H,6-7,18-19H2,1-5H3. The van der Waals surface area contributed by atoms with Crippen LogP contribution >= 0.6 is 0 Å². The van der Waals surface area contributed by atoms with Gasteiger partial charge in [0, 0.05) is 36.4 Å². The van der Waals surface area contributed by atoms with E-state index >= 15 is 0 Å². The van der Waals surface area contributed by atoms with Crippen molar-refractivity contribution in [1.29, 1.82) is 0 Å². The molecule has 1 atom stereocenters. The number of anilines is 1. The van der Waals surface area contributed by atoms with Gasteiger partial charge in [0.25, 0.3) is 0 Å². The van der Waals surface area contributed by atoms with Crippen molar-refractivity contribution in [3.8, 4) is 17.6 Å². The number of nitrogens with one attached hydrogen (secondary N) is 1. The Balaban J connectivity index is 2.02. The fourth-order valence-corrected chi connectivity index (χ4v) is 2.85. The third kappa shape index (κ3) is 7.81. The van der Waals surface area contributed by atoms with Crippen molar-refractivity contribution in [2.24, 2.45) is 0 Å². The molecule has 156 valence electrons. The Kier molecular flexibility index (Phi) is 8.57. The summed E-state index contributed by atoms with van der Waals surface area (Å²) in [4.78, 5) is 2.31. The lowest BCUT2D eigenvalue weighted by Crippen LogP contribution is -2.42. The van der Waals surface area contributed by atoms with Crippen molar-refractivity contribution < 1.29 is 9.84 Å². The van der Waals surface area contributed by atoms with E-state index in [2.05, 4.69) is 68.8 Å². The van der Waals surface area contributed by atoms with Gasteiger partial charge in [-0.3, -0.25) is 0 Å². The minimum atomic E-state index is -0.581. The number of hydrogen-bond acceptors (Lipinski definition) is 4. The average molecular weight is 395 g/mol. The van der Waals surface area contributed by atoms with Crippen molar-refractivity contribution >= 4 is 5.69 Å². The smallest absolute Gasteiger partial charge is 0.135 e. The van der Waals surface area contributed by atoms with E-state index in [9.17, 15) is 5.11 Å². The minimum absolute atomic E-state index is 0.0365. The largest absolute Gasteiger partial charge is 0.490 e. The van der Waals surface area contributed by atoms with Crippen molar-refractivity contribution in [3.05, 3.63) is 59.7 Å². The summed E-state index contributed by atoms with van der Waals surface area (Å²) in [5, 5.41) is 13.4. The summed E-state index contributed by atoms with van der Waals surface area (Å²) in [6, 6.07) is 16.0. The molecule has 0 saturated heterocycles. The second kappa shape index (κ2) is 10.9. The monoisotopic (exact) mass is 394 g/mol. The van der Waals surface area contributed by atoms with Crippen LogP contribution in [0, 0.1) is 11.8 Å². The summed E-state index contributed by atoms with van der Waals surface area (Å²) >= 11 is 0. The van der Waals surface area contributed by atoms with Crippen LogP contribution in [0.2, 0.25) is 0 Å². The molecule has 2 rings (SSSR count). The van der Waals surface area contributed by atoms with Gasteiger partial charge in [-0.25, -0.2) is 0 Å². The molecule has 0 amide bonds. The molecule has 0 aliphatic rings. The Labute approximate surface area is 175 Å². The number of aliphatic hydroxyl groups excluding tert-OH is 1. The number of nitrogens with zero attached hydrogens (tertiary/aromatic N) is 1. The summed E-state index contributed by atoms with van der Waals surface area (Å²) in [5.41, 5.74) is 2.95. The molecule has 29 heavy (non-hydrogen) atoms. The molecule has 0 radical (unpaired) electrons. The number of ether oxygens (including phenoxy) is 1. The molecule has 4 nitrogen and oxygen atoms in total. The van der Waals surface area contributed by atoms with Crippen molar-refractivity contribution in [2.45, 2.75) is 46.3 Å². The minimum Gasteiger partial charge on any atom is -0.490 e. The number of para-hydroxylation sites is 1. The van der Waals surface area contributed by atoms with Gasteiger partial charge in [-0.2, -0.15) is 0 Å². The predicted molar refractivity (Wildman–Crippen MR) is 122 cm³/mol. The lowest BCUT2D eigenvalue weighted by atomic mass is 10.1. The molecule has 1 unspecified atom stereocenters. The molecule has 0 saturated carbocycles. The Hall–Kier alpha value is -2.48.